The van der Waals surface area contributed by atoms with E-state index in [1.807, 2.05) is 12.1 Å². The molecule has 0 aliphatic heterocycles. The molecule has 0 atom stereocenters. The summed E-state index contributed by atoms with van der Waals surface area (Å²) in [5.74, 6) is 0.689. The van der Waals surface area contributed by atoms with E-state index < -0.39 is 4.92 Å². The van der Waals surface area contributed by atoms with E-state index in [2.05, 4.69) is 34.2 Å². The molecule has 150 valence electrons. The molecule has 0 fully saturated rings. The summed E-state index contributed by atoms with van der Waals surface area (Å²) in [5.41, 5.74) is 2.65. The zero-order chi connectivity index (χ0) is 20.6. The lowest BCUT2D eigenvalue weighted by Crippen LogP contribution is -2.02. The van der Waals surface area contributed by atoms with Gasteiger partial charge in [-0.3, -0.25) is 20.0 Å². The molecule has 1 heterocycles. The van der Waals surface area contributed by atoms with Crippen LogP contribution in [0.25, 0.3) is 11.4 Å². The SMILES string of the molecule is CCCCCc1ccc(-c2nc(SCC(=O)c3ccc([N+](=O)[O-])cc3)n[nH]2)cc1. The number of rotatable bonds is 10. The van der Waals surface area contributed by atoms with Gasteiger partial charge < -0.3 is 0 Å². The molecule has 3 rings (SSSR count). The number of nitrogens with one attached hydrogen (secondary N) is 1. The molecule has 0 saturated carbocycles. The van der Waals surface area contributed by atoms with Crippen LogP contribution in [0.1, 0.15) is 42.1 Å². The third-order valence-electron chi connectivity index (χ3n) is 4.49. The zero-order valence-electron chi connectivity index (χ0n) is 16.1. The monoisotopic (exact) mass is 410 g/mol. The first kappa shape index (κ1) is 20.7. The highest BCUT2D eigenvalue weighted by molar-refractivity contribution is 7.99. The molecular weight excluding hydrogens is 388 g/mol. The lowest BCUT2D eigenvalue weighted by atomic mass is 10.1. The van der Waals surface area contributed by atoms with Crippen LogP contribution >= 0.6 is 11.8 Å². The van der Waals surface area contributed by atoms with Crippen molar-refractivity contribution in [3.8, 4) is 11.4 Å². The van der Waals surface area contributed by atoms with E-state index in [0.717, 1.165) is 12.0 Å². The fraction of sp³-hybridized carbons (Fsp3) is 0.286. The van der Waals surface area contributed by atoms with Gasteiger partial charge in [-0.25, -0.2) is 4.98 Å². The molecular formula is C21H22N4O3S. The van der Waals surface area contributed by atoms with Gasteiger partial charge in [0, 0.05) is 23.3 Å². The van der Waals surface area contributed by atoms with E-state index in [0.29, 0.717) is 16.5 Å². The molecule has 3 aromatic rings. The molecule has 2 aromatic carbocycles. The molecule has 0 aliphatic rings. The Hall–Kier alpha value is -3.00. The van der Waals surface area contributed by atoms with E-state index in [4.69, 9.17) is 0 Å². The van der Waals surface area contributed by atoms with Crippen LogP contribution in [0.15, 0.2) is 53.7 Å². The van der Waals surface area contributed by atoms with E-state index in [1.54, 1.807) is 0 Å². The van der Waals surface area contributed by atoms with Gasteiger partial charge in [0.15, 0.2) is 11.6 Å². The normalized spacial score (nSPS) is 10.8. The molecule has 0 saturated heterocycles. The topological polar surface area (TPSA) is 102 Å². The Morgan fingerprint density at radius 3 is 2.48 bits per heavy atom. The Morgan fingerprint density at radius 2 is 1.83 bits per heavy atom. The first-order valence-electron chi connectivity index (χ1n) is 9.49. The van der Waals surface area contributed by atoms with Crippen molar-refractivity contribution in [1.82, 2.24) is 15.2 Å². The number of nitro groups is 1. The van der Waals surface area contributed by atoms with Gasteiger partial charge in [-0.2, -0.15) is 0 Å². The second-order valence-electron chi connectivity index (χ2n) is 6.64. The van der Waals surface area contributed by atoms with Crippen molar-refractivity contribution in [3.05, 3.63) is 69.8 Å². The molecule has 0 radical (unpaired) electrons. The minimum atomic E-state index is -0.490. The van der Waals surface area contributed by atoms with Gasteiger partial charge >= 0.3 is 0 Å². The van der Waals surface area contributed by atoms with Crippen molar-refractivity contribution >= 4 is 23.2 Å². The number of carbonyl (C=O) groups excluding carboxylic acids is 1. The van der Waals surface area contributed by atoms with E-state index in [-0.39, 0.29) is 17.2 Å². The van der Waals surface area contributed by atoms with Crippen molar-refractivity contribution in [1.29, 1.82) is 0 Å². The summed E-state index contributed by atoms with van der Waals surface area (Å²) in [6, 6.07) is 13.9. The average Bonchev–Trinajstić information content (AvgIpc) is 3.22. The van der Waals surface area contributed by atoms with E-state index in [9.17, 15) is 14.9 Å². The molecule has 29 heavy (non-hydrogen) atoms. The maximum atomic E-state index is 12.3. The minimum absolute atomic E-state index is 0.0378. The van der Waals surface area contributed by atoms with Gasteiger partial charge in [-0.05, 0) is 30.5 Å². The van der Waals surface area contributed by atoms with Crippen LogP contribution in [-0.2, 0) is 6.42 Å². The summed E-state index contributed by atoms with van der Waals surface area (Å²) in [5, 5.41) is 18.2. The Bertz CT molecular complexity index is 968. The molecule has 0 aliphatic carbocycles. The number of unbranched alkanes of at least 4 members (excludes halogenated alkanes) is 2. The van der Waals surface area contributed by atoms with Crippen molar-refractivity contribution in [3.63, 3.8) is 0 Å². The maximum absolute atomic E-state index is 12.3. The van der Waals surface area contributed by atoms with Crippen LogP contribution in [0, 0.1) is 10.1 Å². The van der Waals surface area contributed by atoms with Crippen LogP contribution in [0.2, 0.25) is 0 Å². The Balaban J connectivity index is 1.56. The number of Topliss-reactive ketones (excluding diaryl/α,β-unsaturated/α-hetero) is 1. The average molecular weight is 410 g/mol. The lowest BCUT2D eigenvalue weighted by Gasteiger charge is -2.02. The lowest BCUT2D eigenvalue weighted by molar-refractivity contribution is -0.384. The van der Waals surface area contributed by atoms with Crippen LogP contribution in [0.3, 0.4) is 0 Å². The van der Waals surface area contributed by atoms with Gasteiger partial charge in [0.1, 0.15) is 0 Å². The molecule has 1 aromatic heterocycles. The third-order valence-corrected chi connectivity index (χ3v) is 5.34. The van der Waals surface area contributed by atoms with Gasteiger partial charge in [-0.15, -0.1) is 5.10 Å². The second-order valence-corrected chi connectivity index (χ2v) is 7.58. The van der Waals surface area contributed by atoms with E-state index >= 15 is 0 Å². The van der Waals surface area contributed by atoms with Gasteiger partial charge in [0.25, 0.3) is 5.69 Å². The number of hydrogen-bond acceptors (Lipinski definition) is 6. The fourth-order valence-electron chi connectivity index (χ4n) is 2.83. The number of hydrogen-bond donors (Lipinski definition) is 1. The van der Waals surface area contributed by atoms with E-state index in [1.165, 1.54) is 60.9 Å². The number of carbonyl (C=O) groups is 1. The van der Waals surface area contributed by atoms with Crippen LogP contribution < -0.4 is 0 Å². The van der Waals surface area contributed by atoms with Crippen molar-refractivity contribution in [2.75, 3.05) is 5.75 Å². The highest BCUT2D eigenvalue weighted by Crippen LogP contribution is 2.21. The smallest absolute Gasteiger partial charge is 0.269 e. The predicted octanol–water partition coefficient (Wildman–Crippen LogP) is 5.09. The standard InChI is InChI=1S/C21H22N4O3S/c1-2-3-4-5-15-6-8-17(9-7-15)20-22-21(24-23-20)29-14-19(26)16-10-12-18(13-11-16)25(27)28/h6-13H,2-5,14H2,1H3,(H,22,23,24). The molecule has 8 heteroatoms. The summed E-state index contributed by atoms with van der Waals surface area (Å²) in [4.78, 5) is 26.9. The van der Waals surface area contributed by atoms with Crippen LogP contribution in [-0.4, -0.2) is 31.6 Å². The highest BCUT2D eigenvalue weighted by Gasteiger charge is 2.12. The highest BCUT2D eigenvalue weighted by atomic mass is 32.2. The molecule has 7 nitrogen and oxygen atoms in total. The number of nitro benzene ring substituents is 1. The van der Waals surface area contributed by atoms with Crippen LogP contribution in [0.4, 0.5) is 5.69 Å². The largest absolute Gasteiger partial charge is 0.293 e. The quantitative estimate of drug-likeness (QED) is 0.164. The molecule has 1 N–H and O–H groups in total. The zero-order valence-corrected chi connectivity index (χ0v) is 16.9. The summed E-state index contributed by atoms with van der Waals surface area (Å²) < 4.78 is 0. The summed E-state index contributed by atoms with van der Waals surface area (Å²) in [6.45, 7) is 2.20. The summed E-state index contributed by atoms with van der Waals surface area (Å²) in [7, 11) is 0. The maximum Gasteiger partial charge on any atom is 0.269 e. The van der Waals surface area contributed by atoms with Crippen molar-refractivity contribution in [2.45, 2.75) is 37.8 Å². The number of ketones is 1. The number of nitrogens with zero attached hydrogens (tertiary/aromatic N) is 3. The van der Waals surface area contributed by atoms with Crippen molar-refractivity contribution in [2.24, 2.45) is 0 Å². The number of aromatic nitrogens is 3. The summed E-state index contributed by atoms with van der Waals surface area (Å²) in [6.07, 6.45) is 4.73. The number of benzene rings is 2. The Morgan fingerprint density at radius 1 is 1.10 bits per heavy atom. The third kappa shape index (κ3) is 5.74. The molecule has 0 spiro atoms. The predicted molar refractivity (Wildman–Crippen MR) is 113 cm³/mol. The second kappa shape index (κ2) is 9.97. The minimum Gasteiger partial charge on any atom is -0.293 e. The number of H-pyrrole nitrogens is 1. The first-order chi connectivity index (χ1) is 14.1. The van der Waals surface area contributed by atoms with Gasteiger partial charge in [0.2, 0.25) is 5.16 Å². The van der Waals surface area contributed by atoms with Crippen molar-refractivity contribution < 1.29 is 9.72 Å². The van der Waals surface area contributed by atoms with Gasteiger partial charge in [0.05, 0.1) is 10.7 Å². The molecule has 0 amide bonds. The Labute approximate surface area is 173 Å². The number of non-ortho nitro benzene ring substituents is 1. The van der Waals surface area contributed by atoms with Crippen LogP contribution in [0.5, 0.6) is 0 Å². The number of aryl methyl sites for hydroxylation is 1. The Kier molecular flexibility index (Phi) is 7.13. The first-order valence-corrected chi connectivity index (χ1v) is 10.5. The number of thioether (sulfide) groups is 1. The molecule has 0 unspecified atom stereocenters. The summed E-state index contributed by atoms with van der Waals surface area (Å²) >= 11 is 1.23. The molecule has 0 bridgehead atoms. The van der Waals surface area contributed by atoms with Gasteiger partial charge in [-0.1, -0.05) is 55.8 Å². The number of aromatic amines is 1. The fourth-order valence-corrected chi connectivity index (χ4v) is 3.52.